The highest BCUT2D eigenvalue weighted by molar-refractivity contribution is 14.1. The third-order valence-electron chi connectivity index (χ3n) is 3.79. The van der Waals surface area contributed by atoms with Gasteiger partial charge < -0.3 is 19.1 Å². The Morgan fingerprint density at radius 3 is 2.56 bits per heavy atom. The van der Waals surface area contributed by atoms with Crippen LogP contribution in [0.5, 0.6) is 5.75 Å². The molecule has 1 aromatic rings. The van der Waals surface area contributed by atoms with Gasteiger partial charge in [0.1, 0.15) is 23.8 Å². The van der Waals surface area contributed by atoms with Crippen LogP contribution in [0.2, 0.25) is 0 Å². The number of nitrogens with zero attached hydrogens (tertiary/aromatic N) is 1. The molecule has 8 heteroatoms. The van der Waals surface area contributed by atoms with Crippen molar-refractivity contribution in [1.29, 1.82) is 0 Å². The highest BCUT2D eigenvalue weighted by atomic mass is 127. The van der Waals surface area contributed by atoms with Gasteiger partial charge in [-0.05, 0) is 67.5 Å². The Labute approximate surface area is 171 Å². The average Bonchev–Trinajstić information content (AvgIpc) is 2.59. The Balaban J connectivity index is 1.98. The van der Waals surface area contributed by atoms with Crippen molar-refractivity contribution >= 4 is 34.7 Å². The topological polar surface area (TPSA) is 65.1 Å². The monoisotopic (exact) mass is 491 g/mol. The van der Waals surface area contributed by atoms with Crippen molar-refractivity contribution < 1.29 is 28.2 Å². The summed E-state index contributed by atoms with van der Waals surface area (Å²) in [5.74, 6) is -0.991. The molecule has 1 heterocycles. The molecule has 27 heavy (non-hydrogen) atoms. The zero-order valence-electron chi connectivity index (χ0n) is 15.8. The first kappa shape index (κ1) is 21.5. The predicted octanol–water partition coefficient (Wildman–Crippen LogP) is 4.16. The van der Waals surface area contributed by atoms with Gasteiger partial charge in [-0.15, -0.1) is 0 Å². The fraction of sp³-hybridized carbons (Fsp3) is 0.474. The Hall–Kier alpha value is -1.84. The van der Waals surface area contributed by atoms with Crippen LogP contribution in [-0.4, -0.2) is 49.4 Å². The second kappa shape index (κ2) is 8.90. The number of rotatable bonds is 4. The van der Waals surface area contributed by atoms with Gasteiger partial charge >= 0.3 is 12.1 Å². The van der Waals surface area contributed by atoms with Crippen molar-refractivity contribution in [1.82, 2.24) is 4.90 Å². The molecule has 0 unspecified atom stereocenters. The van der Waals surface area contributed by atoms with Gasteiger partial charge in [-0.25, -0.2) is 14.0 Å². The van der Waals surface area contributed by atoms with Gasteiger partial charge in [-0.1, -0.05) is 6.08 Å². The maximum Gasteiger partial charge on any atom is 0.410 e. The molecule has 6 nitrogen and oxygen atoms in total. The van der Waals surface area contributed by atoms with Crippen LogP contribution in [-0.2, 0) is 9.47 Å². The molecule has 1 aromatic carbocycles. The van der Waals surface area contributed by atoms with Crippen LogP contribution in [0.15, 0.2) is 23.8 Å². The van der Waals surface area contributed by atoms with E-state index in [9.17, 15) is 14.0 Å². The van der Waals surface area contributed by atoms with E-state index in [0.717, 1.165) is 5.57 Å². The number of amides is 1. The van der Waals surface area contributed by atoms with Crippen LogP contribution in [0.4, 0.5) is 9.18 Å². The van der Waals surface area contributed by atoms with E-state index in [-0.39, 0.29) is 11.7 Å². The molecule has 0 spiro atoms. The minimum absolute atomic E-state index is 0.165. The molecule has 0 aliphatic carbocycles. The first-order chi connectivity index (χ1) is 12.6. The summed E-state index contributed by atoms with van der Waals surface area (Å²) in [4.78, 5) is 25.3. The number of carbonyl (C=O) groups excluding carboxylic acids is 2. The first-order valence-corrected chi connectivity index (χ1v) is 9.54. The van der Waals surface area contributed by atoms with Crippen molar-refractivity contribution in [3.63, 3.8) is 0 Å². The number of benzene rings is 1. The molecule has 0 N–H and O–H groups in total. The summed E-state index contributed by atoms with van der Waals surface area (Å²) in [6, 6.07) is 2.58. The van der Waals surface area contributed by atoms with Gasteiger partial charge in [0.2, 0.25) is 0 Å². The smallest absolute Gasteiger partial charge is 0.410 e. The maximum atomic E-state index is 13.9. The second-order valence-electron chi connectivity index (χ2n) is 7.08. The molecular weight excluding hydrogens is 468 g/mol. The van der Waals surface area contributed by atoms with Crippen molar-refractivity contribution in [3.8, 4) is 5.75 Å². The third-order valence-corrected chi connectivity index (χ3v) is 4.64. The van der Waals surface area contributed by atoms with E-state index in [0.29, 0.717) is 35.4 Å². The minimum Gasteiger partial charge on any atom is -0.488 e. The van der Waals surface area contributed by atoms with Crippen molar-refractivity contribution in [3.05, 3.63) is 38.7 Å². The Kier molecular flexibility index (Phi) is 7.07. The van der Waals surface area contributed by atoms with E-state index in [4.69, 9.17) is 9.47 Å². The van der Waals surface area contributed by atoms with E-state index in [1.54, 1.807) is 4.90 Å². The van der Waals surface area contributed by atoms with Gasteiger partial charge in [0.15, 0.2) is 0 Å². The molecule has 0 aromatic heterocycles. The van der Waals surface area contributed by atoms with Gasteiger partial charge in [-0.2, -0.15) is 0 Å². The summed E-state index contributed by atoms with van der Waals surface area (Å²) in [5, 5.41) is 0. The summed E-state index contributed by atoms with van der Waals surface area (Å²) in [6.07, 6.45) is 2.24. The Morgan fingerprint density at radius 2 is 2.00 bits per heavy atom. The Morgan fingerprint density at radius 1 is 1.30 bits per heavy atom. The molecule has 0 bridgehead atoms. The summed E-state index contributed by atoms with van der Waals surface area (Å²) in [5.41, 5.74) is 0.331. The lowest BCUT2D eigenvalue weighted by molar-refractivity contribution is 0.0264. The standard InChI is InChI=1S/C19H23FINO5/c1-19(2,3)27-18(24)22-7-5-12(6-8-22)11-26-16-9-13(17(23)25-4)14(20)10-15(16)21/h5,9-10H,6-8,11H2,1-4H3. The van der Waals surface area contributed by atoms with E-state index in [2.05, 4.69) is 4.74 Å². The van der Waals surface area contributed by atoms with Crippen LogP contribution in [0.25, 0.3) is 0 Å². The number of halogens is 2. The van der Waals surface area contributed by atoms with E-state index >= 15 is 0 Å². The third kappa shape index (κ3) is 6.08. The average molecular weight is 491 g/mol. The van der Waals surface area contributed by atoms with Gasteiger partial charge in [0.25, 0.3) is 0 Å². The summed E-state index contributed by atoms with van der Waals surface area (Å²) in [6.45, 7) is 6.77. The zero-order valence-corrected chi connectivity index (χ0v) is 18.0. The summed E-state index contributed by atoms with van der Waals surface area (Å²) < 4.78 is 30.1. The van der Waals surface area contributed by atoms with Crippen LogP contribution < -0.4 is 4.74 Å². The summed E-state index contributed by atoms with van der Waals surface area (Å²) >= 11 is 1.95. The second-order valence-corrected chi connectivity index (χ2v) is 8.24. The van der Waals surface area contributed by atoms with Crippen LogP contribution in [0.1, 0.15) is 37.6 Å². The molecule has 1 aliphatic heterocycles. The predicted molar refractivity (Wildman–Crippen MR) is 106 cm³/mol. The van der Waals surface area contributed by atoms with Crippen LogP contribution >= 0.6 is 22.6 Å². The molecule has 0 radical (unpaired) electrons. The fourth-order valence-electron chi connectivity index (χ4n) is 2.41. The Bertz CT molecular complexity index is 757. The normalized spacial score (nSPS) is 14.4. The highest BCUT2D eigenvalue weighted by Crippen LogP contribution is 2.26. The maximum absolute atomic E-state index is 13.9. The molecule has 1 aliphatic rings. The minimum atomic E-state index is -0.751. The molecule has 0 atom stereocenters. The number of methoxy groups -OCH3 is 1. The quantitative estimate of drug-likeness (QED) is 0.360. The largest absolute Gasteiger partial charge is 0.488 e. The molecule has 0 saturated carbocycles. The first-order valence-electron chi connectivity index (χ1n) is 8.46. The number of esters is 1. The lowest BCUT2D eigenvalue weighted by Crippen LogP contribution is -2.39. The lowest BCUT2D eigenvalue weighted by Gasteiger charge is -2.29. The van der Waals surface area contributed by atoms with E-state index in [1.807, 2.05) is 49.4 Å². The molecule has 0 saturated heterocycles. The van der Waals surface area contributed by atoms with Crippen LogP contribution in [0.3, 0.4) is 0 Å². The zero-order chi connectivity index (χ0) is 20.2. The molecule has 2 rings (SSSR count). The van der Waals surface area contributed by atoms with Gasteiger partial charge in [0.05, 0.1) is 16.2 Å². The van der Waals surface area contributed by atoms with E-state index < -0.39 is 17.4 Å². The number of hydrogen-bond acceptors (Lipinski definition) is 5. The van der Waals surface area contributed by atoms with Crippen LogP contribution in [0, 0.1) is 9.39 Å². The molecule has 1 amide bonds. The number of ether oxygens (including phenoxy) is 3. The molecular formula is C19H23FINO5. The number of hydrogen-bond donors (Lipinski definition) is 0. The SMILES string of the molecule is COC(=O)c1cc(OCC2=CCN(C(=O)OC(C)(C)C)CC2)c(I)cc1F. The fourth-order valence-corrected chi connectivity index (χ4v) is 3.00. The van der Waals surface area contributed by atoms with Gasteiger partial charge in [0, 0.05) is 13.1 Å². The van der Waals surface area contributed by atoms with Crippen molar-refractivity contribution in [2.75, 3.05) is 26.8 Å². The number of carbonyl (C=O) groups is 2. The molecule has 0 fully saturated rings. The highest BCUT2D eigenvalue weighted by Gasteiger charge is 2.24. The molecule has 148 valence electrons. The van der Waals surface area contributed by atoms with E-state index in [1.165, 1.54) is 19.2 Å². The summed E-state index contributed by atoms with van der Waals surface area (Å²) in [7, 11) is 1.20. The van der Waals surface area contributed by atoms with Crippen molar-refractivity contribution in [2.24, 2.45) is 0 Å². The van der Waals surface area contributed by atoms with Gasteiger partial charge in [-0.3, -0.25) is 0 Å². The lowest BCUT2D eigenvalue weighted by atomic mass is 10.1. The van der Waals surface area contributed by atoms with Crippen molar-refractivity contribution in [2.45, 2.75) is 32.8 Å².